The van der Waals surface area contributed by atoms with E-state index in [-0.39, 0.29) is 22.7 Å². The van der Waals surface area contributed by atoms with E-state index in [2.05, 4.69) is 21.2 Å². The van der Waals surface area contributed by atoms with E-state index < -0.39 is 18.5 Å². The third kappa shape index (κ3) is 5.19. The highest BCUT2D eigenvalue weighted by Gasteiger charge is 2.28. The van der Waals surface area contributed by atoms with Crippen molar-refractivity contribution in [3.63, 3.8) is 0 Å². The van der Waals surface area contributed by atoms with Crippen molar-refractivity contribution in [2.24, 2.45) is 0 Å². The largest absolute Gasteiger partial charge is 0.479 e. The van der Waals surface area contributed by atoms with Crippen molar-refractivity contribution in [3.05, 3.63) is 33.6 Å². The van der Waals surface area contributed by atoms with Crippen molar-refractivity contribution < 1.29 is 29.3 Å². The number of rotatable bonds is 7. The maximum absolute atomic E-state index is 12.7. The first-order chi connectivity index (χ1) is 14.8. The topological polar surface area (TPSA) is 116 Å². The highest BCUT2D eigenvalue weighted by molar-refractivity contribution is 9.10. The zero-order chi connectivity index (χ0) is 22.5. The number of urea groups is 1. The first kappa shape index (κ1) is 23.1. The molecule has 0 bridgehead atoms. The third-order valence-corrected chi connectivity index (χ3v) is 7.33. The van der Waals surface area contributed by atoms with Gasteiger partial charge in [0.05, 0.1) is 9.35 Å². The smallest absolute Gasteiger partial charge is 0.349 e. The number of nitrogens with zero attached hydrogens (tertiary/aromatic N) is 1. The van der Waals surface area contributed by atoms with Gasteiger partial charge in [-0.25, -0.2) is 14.4 Å². The number of carbonyl (C=O) groups is 3. The number of amides is 2. The summed E-state index contributed by atoms with van der Waals surface area (Å²) in [6, 6.07) is 7.23. The second kappa shape index (κ2) is 10.1. The Hall–Kier alpha value is -2.59. The van der Waals surface area contributed by atoms with Crippen molar-refractivity contribution in [2.45, 2.75) is 38.1 Å². The van der Waals surface area contributed by atoms with E-state index >= 15 is 0 Å². The summed E-state index contributed by atoms with van der Waals surface area (Å²) < 4.78 is 5.60. The molecule has 1 aliphatic rings. The molecule has 1 aliphatic carbocycles. The SMILES string of the molecule is CNC(=O)N(c1cccc(-c2sc(C(=O)O)c(OCC(=O)O)c2Br)c1)C1CCCCC1. The summed E-state index contributed by atoms with van der Waals surface area (Å²) in [7, 11) is 1.60. The highest BCUT2D eigenvalue weighted by atomic mass is 79.9. The lowest BCUT2D eigenvalue weighted by Crippen LogP contribution is -2.46. The molecule has 0 atom stereocenters. The number of carbonyl (C=O) groups excluding carboxylic acids is 1. The van der Waals surface area contributed by atoms with Gasteiger partial charge in [-0.2, -0.15) is 0 Å². The van der Waals surface area contributed by atoms with Crippen LogP contribution >= 0.6 is 27.3 Å². The Bertz CT molecular complexity index is 986. The minimum Gasteiger partial charge on any atom is -0.479 e. The number of benzene rings is 1. The maximum atomic E-state index is 12.7. The molecule has 2 amide bonds. The van der Waals surface area contributed by atoms with Crippen LogP contribution in [-0.4, -0.2) is 47.9 Å². The summed E-state index contributed by atoms with van der Waals surface area (Å²) in [5.74, 6) is -2.43. The number of aromatic carboxylic acids is 1. The third-order valence-electron chi connectivity index (χ3n) is 5.10. The van der Waals surface area contributed by atoms with Gasteiger partial charge in [0, 0.05) is 18.8 Å². The van der Waals surface area contributed by atoms with E-state index in [4.69, 9.17) is 9.84 Å². The maximum Gasteiger partial charge on any atom is 0.349 e. The number of ether oxygens (including phenoxy) is 1. The lowest BCUT2D eigenvalue weighted by Gasteiger charge is -2.34. The molecule has 1 fully saturated rings. The zero-order valence-corrected chi connectivity index (χ0v) is 19.3. The normalized spacial score (nSPS) is 14.1. The number of carboxylic acid groups (broad SMARTS) is 2. The molecule has 1 aromatic heterocycles. The van der Waals surface area contributed by atoms with Crippen LogP contribution in [0.3, 0.4) is 0 Å². The van der Waals surface area contributed by atoms with E-state index in [0.29, 0.717) is 20.6 Å². The lowest BCUT2D eigenvalue weighted by molar-refractivity contribution is -0.139. The Morgan fingerprint density at radius 2 is 1.94 bits per heavy atom. The monoisotopic (exact) mass is 510 g/mol. The molecule has 10 heteroatoms. The fourth-order valence-electron chi connectivity index (χ4n) is 3.74. The van der Waals surface area contributed by atoms with Gasteiger partial charge in [-0.1, -0.05) is 31.4 Å². The average Bonchev–Trinajstić information content (AvgIpc) is 3.09. The van der Waals surface area contributed by atoms with Gasteiger partial charge in [-0.15, -0.1) is 11.3 Å². The lowest BCUT2D eigenvalue weighted by atomic mass is 9.94. The number of aliphatic carboxylic acids is 1. The number of halogens is 1. The van der Waals surface area contributed by atoms with E-state index in [1.807, 2.05) is 24.3 Å². The highest BCUT2D eigenvalue weighted by Crippen LogP contribution is 2.46. The standard InChI is InChI=1S/C21H23BrN2O6S/c1-23-21(29)24(13-7-3-2-4-8-13)14-9-5-6-12(10-14)18-16(22)17(30-11-15(25)26)19(31-18)20(27)28/h5-6,9-10,13H,2-4,7-8,11H2,1H3,(H,23,29)(H,25,26)(H,27,28). The minimum atomic E-state index is -1.21. The van der Waals surface area contributed by atoms with Crippen LogP contribution < -0.4 is 15.0 Å². The van der Waals surface area contributed by atoms with Gasteiger partial charge >= 0.3 is 18.0 Å². The second-order valence-electron chi connectivity index (χ2n) is 7.16. The van der Waals surface area contributed by atoms with Crippen molar-refractivity contribution in [3.8, 4) is 16.2 Å². The Labute approximate surface area is 192 Å². The van der Waals surface area contributed by atoms with Crippen LogP contribution in [0.5, 0.6) is 5.75 Å². The number of carboxylic acids is 2. The van der Waals surface area contributed by atoms with Crippen molar-refractivity contribution in [1.82, 2.24) is 5.32 Å². The van der Waals surface area contributed by atoms with Crippen LogP contribution in [-0.2, 0) is 4.79 Å². The molecular formula is C21H23BrN2O6S. The van der Waals surface area contributed by atoms with Crippen LogP contribution in [0.15, 0.2) is 28.7 Å². The second-order valence-corrected chi connectivity index (χ2v) is 8.97. The molecule has 8 nitrogen and oxygen atoms in total. The first-order valence-corrected chi connectivity index (χ1v) is 11.5. The number of hydrogen-bond acceptors (Lipinski definition) is 5. The molecule has 1 saturated carbocycles. The summed E-state index contributed by atoms with van der Waals surface area (Å²) in [5.41, 5.74) is 1.42. The summed E-state index contributed by atoms with van der Waals surface area (Å²) in [5, 5.41) is 21.1. The molecule has 31 heavy (non-hydrogen) atoms. The van der Waals surface area contributed by atoms with Crippen LogP contribution in [0.25, 0.3) is 10.4 Å². The molecular weight excluding hydrogens is 488 g/mol. The summed E-state index contributed by atoms with van der Waals surface area (Å²) in [4.78, 5) is 37.5. The van der Waals surface area contributed by atoms with Crippen molar-refractivity contribution in [1.29, 1.82) is 0 Å². The van der Waals surface area contributed by atoms with E-state index in [9.17, 15) is 19.5 Å². The van der Waals surface area contributed by atoms with Gasteiger partial charge in [0.1, 0.15) is 0 Å². The fraction of sp³-hybridized carbons (Fsp3) is 0.381. The van der Waals surface area contributed by atoms with Gasteiger partial charge < -0.3 is 20.3 Å². The van der Waals surface area contributed by atoms with E-state index in [1.54, 1.807) is 11.9 Å². The number of anilines is 1. The fourth-order valence-corrected chi connectivity index (χ4v) is 5.62. The molecule has 0 aliphatic heterocycles. The van der Waals surface area contributed by atoms with Crippen LogP contribution in [0.1, 0.15) is 41.8 Å². The average molecular weight is 511 g/mol. The molecule has 166 valence electrons. The zero-order valence-electron chi connectivity index (χ0n) is 16.9. The molecule has 2 aromatic rings. The van der Waals surface area contributed by atoms with Crippen LogP contribution in [0, 0.1) is 0 Å². The Morgan fingerprint density at radius 3 is 2.55 bits per heavy atom. The van der Waals surface area contributed by atoms with Gasteiger partial charge in [0.15, 0.2) is 17.2 Å². The molecule has 1 heterocycles. The molecule has 0 spiro atoms. The number of thiophene rings is 1. The minimum absolute atomic E-state index is 0.0178. The quantitative estimate of drug-likeness (QED) is 0.491. The van der Waals surface area contributed by atoms with Crippen LogP contribution in [0.2, 0.25) is 0 Å². The van der Waals surface area contributed by atoms with Crippen LogP contribution in [0.4, 0.5) is 10.5 Å². The number of hydrogen-bond donors (Lipinski definition) is 3. The summed E-state index contributed by atoms with van der Waals surface area (Å²) in [6.45, 7) is -0.652. The molecule has 3 N–H and O–H groups in total. The molecule has 3 rings (SSSR count). The summed E-state index contributed by atoms with van der Waals surface area (Å²) in [6.07, 6.45) is 5.16. The van der Waals surface area contributed by atoms with Gasteiger partial charge in [0.25, 0.3) is 0 Å². The van der Waals surface area contributed by atoms with Gasteiger partial charge in [0.2, 0.25) is 0 Å². The summed E-state index contributed by atoms with van der Waals surface area (Å²) >= 11 is 4.36. The Balaban J connectivity index is 2.02. The van der Waals surface area contributed by atoms with E-state index in [0.717, 1.165) is 43.4 Å². The van der Waals surface area contributed by atoms with Gasteiger partial charge in [-0.05, 0) is 46.5 Å². The predicted molar refractivity (Wildman–Crippen MR) is 121 cm³/mol. The van der Waals surface area contributed by atoms with Crippen molar-refractivity contribution >= 4 is 50.9 Å². The molecule has 1 aromatic carbocycles. The molecule has 0 unspecified atom stereocenters. The molecule has 0 radical (unpaired) electrons. The van der Waals surface area contributed by atoms with Crippen molar-refractivity contribution in [2.75, 3.05) is 18.6 Å². The van der Waals surface area contributed by atoms with E-state index in [1.165, 1.54) is 0 Å². The predicted octanol–water partition coefficient (Wildman–Crippen LogP) is 4.82. The Kier molecular flexibility index (Phi) is 7.55. The first-order valence-electron chi connectivity index (χ1n) is 9.85. The Morgan fingerprint density at radius 1 is 1.23 bits per heavy atom. The number of nitrogens with one attached hydrogen (secondary N) is 1. The molecule has 0 saturated heterocycles. The van der Waals surface area contributed by atoms with Gasteiger partial charge in [-0.3, -0.25) is 4.90 Å².